The van der Waals surface area contributed by atoms with Crippen molar-refractivity contribution >= 4 is 28.3 Å². The number of nitrogens with zero attached hydrogens (tertiary/aromatic N) is 1. The van der Waals surface area contributed by atoms with E-state index in [0.29, 0.717) is 5.13 Å². The number of nitrogens with two attached hydrogens (primary N) is 1. The Morgan fingerprint density at radius 1 is 1.27 bits per heavy atom. The molecular weight excluding hydrogens is 348 g/mol. The summed E-state index contributed by atoms with van der Waals surface area (Å²) >= 11 is 1.34. The van der Waals surface area contributed by atoms with Crippen LogP contribution in [0.25, 0.3) is 0 Å². The first-order chi connectivity index (χ1) is 12.5. The van der Waals surface area contributed by atoms with Gasteiger partial charge in [0.25, 0.3) is 0 Å². The molecule has 1 unspecified atom stereocenters. The van der Waals surface area contributed by atoms with Crippen LogP contribution in [0.15, 0.2) is 54.1 Å². The van der Waals surface area contributed by atoms with E-state index in [9.17, 15) is 9.59 Å². The Morgan fingerprint density at radius 3 is 2.62 bits per heavy atom. The van der Waals surface area contributed by atoms with Crippen LogP contribution in [0.5, 0.6) is 0 Å². The summed E-state index contributed by atoms with van der Waals surface area (Å²) in [7, 11) is 0. The van der Waals surface area contributed by atoms with Crippen molar-refractivity contribution in [2.24, 2.45) is 11.7 Å². The monoisotopic (exact) mass is 372 g/mol. The number of carbonyl (C=O) groups excluding carboxylic acids is 2. The van der Waals surface area contributed by atoms with Gasteiger partial charge in [-0.15, -0.1) is 11.3 Å². The van der Waals surface area contributed by atoms with Crippen LogP contribution in [0.4, 0.5) is 5.13 Å². The number of benzene rings is 1. The lowest BCUT2D eigenvalue weighted by atomic mass is 9.93. The molecule has 0 aliphatic heterocycles. The number of anilines is 1. The fourth-order valence-electron chi connectivity index (χ4n) is 2.41. The van der Waals surface area contributed by atoms with Crippen LogP contribution in [-0.2, 0) is 16.0 Å². The van der Waals surface area contributed by atoms with E-state index >= 15 is 0 Å². The summed E-state index contributed by atoms with van der Waals surface area (Å²) in [4.78, 5) is 28.1. The predicted octanol–water partition coefficient (Wildman–Crippen LogP) is 2.35. The van der Waals surface area contributed by atoms with Gasteiger partial charge in [0.15, 0.2) is 5.13 Å². The topological polar surface area (TPSA) is 97.1 Å². The molecule has 7 heteroatoms. The lowest BCUT2D eigenvalue weighted by Crippen LogP contribution is -2.46. The van der Waals surface area contributed by atoms with Gasteiger partial charge in [-0.3, -0.25) is 14.9 Å². The van der Waals surface area contributed by atoms with Crippen molar-refractivity contribution in [3.63, 3.8) is 0 Å². The number of carbonyl (C=O) groups is 2. The molecule has 2 aromatic rings. The maximum Gasteiger partial charge on any atom is 0.249 e. The van der Waals surface area contributed by atoms with Crippen molar-refractivity contribution in [1.82, 2.24) is 10.3 Å². The van der Waals surface area contributed by atoms with Gasteiger partial charge in [0, 0.05) is 17.7 Å². The van der Waals surface area contributed by atoms with Crippen molar-refractivity contribution in [3.05, 3.63) is 59.6 Å². The molecule has 3 atom stereocenters. The van der Waals surface area contributed by atoms with Gasteiger partial charge < -0.3 is 11.1 Å². The minimum atomic E-state index is -0.612. The van der Waals surface area contributed by atoms with Gasteiger partial charge in [-0.2, -0.15) is 0 Å². The van der Waals surface area contributed by atoms with Crippen LogP contribution in [0.3, 0.4) is 0 Å². The number of thiazole rings is 1. The Bertz CT molecular complexity index is 729. The molecule has 0 aliphatic carbocycles. The molecule has 0 radical (unpaired) electrons. The number of nitrogens with one attached hydrogen (secondary N) is 2. The van der Waals surface area contributed by atoms with Gasteiger partial charge >= 0.3 is 0 Å². The Kier molecular flexibility index (Phi) is 7.50. The van der Waals surface area contributed by atoms with E-state index in [1.807, 2.05) is 37.3 Å². The normalized spacial score (nSPS) is 14.6. The molecular formula is C19H24N4O2S. The minimum absolute atomic E-state index is 0.0870. The zero-order valence-electron chi connectivity index (χ0n) is 14.9. The standard InChI is InChI=1S/C19H24N4O2S/c1-13(12-15-6-4-3-5-7-15)16(22-18(25)14(2)20)8-9-17(24)23-19-21-10-11-26-19/h3-11,13-14,16H,12,20H2,1-2H3,(H,22,25)(H,21,23,24)/b9-8+/t13?,14-,16+/m0/s1. The molecule has 1 heterocycles. The summed E-state index contributed by atoms with van der Waals surface area (Å²) in [6, 6.07) is 9.09. The summed E-state index contributed by atoms with van der Waals surface area (Å²) in [5.41, 5.74) is 6.83. The zero-order valence-corrected chi connectivity index (χ0v) is 15.7. The first kappa shape index (κ1) is 19.8. The molecule has 0 fully saturated rings. The van der Waals surface area contributed by atoms with Crippen LogP contribution in [-0.4, -0.2) is 28.9 Å². The first-order valence-corrected chi connectivity index (χ1v) is 9.32. The number of hydrogen-bond acceptors (Lipinski definition) is 5. The average molecular weight is 372 g/mol. The third kappa shape index (κ3) is 6.42. The van der Waals surface area contributed by atoms with Crippen LogP contribution >= 0.6 is 11.3 Å². The van der Waals surface area contributed by atoms with Crippen LogP contribution < -0.4 is 16.4 Å². The maximum atomic E-state index is 12.0. The minimum Gasteiger partial charge on any atom is -0.348 e. The summed E-state index contributed by atoms with van der Waals surface area (Å²) in [6.45, 7) is 3.66. The molecule has 138 valence electrons. The Labute approximate surface area is 157 Å². The second kappa shape index (κ2) is 9.84. The lowest BCUT2D eigenvalue weighted by molar-refractivity contribution is -0.122. The van der Waals surface area contributed by atoms with Crippen molar-refractivity contribution < 1.29 is 9.59 Å². The number of amides is 2. The van der Waals surface area contributed by atoms with E-state index in [2.05, 4.69) is 15.6 Å². The Hall–Kier alpha value is -2.51. The third-order valence-corrected chi connectivity index (χ3v) is 4.54. The SMILES string of the molecule is CC(Cc1ccccc1)[C@@H](/C=C/C(=O)Nc1nccs1)NC(=O)[C@H](C)N. The van der Waals surface area contributed by atoms with Crippen molar-refractivity contribution in [1.29, 1.82) is 0 Å². The second-order valence-electron chi connectivity index (χ2n) is 6.18. The van der Waals surface area contributed by atoms with Crippen molar-refractivity contribution in [3.8, 4) is 0 Å². The second-order valence-corrected chi connectivity index (χ2v) is 7.07. The Morgan fingerprint density at radius 2 is 2.00 bits per heavy atom. The number of aromatic nitrogens is 1. The van der Waals surface area contributed by atoms with Gasteiger partial charge in [-0.1, -0.05) is 43.3 Å². The van der Waals surface area contributed by atoms with Gasteiger partial charge in [-0.05, 0) is 24.8 Å². The maximum absolute atomic E-state index is 12.0. The molecule has 2 amide bonds. The van der Waals surface area contributed by atoms with E-state index in [1.54, 1.807) is 24.6 Å². The molecule has 1 aromatic carbocycles. The van der Waals surface area contributed by atoms with E-state index in [-0.39, 0.29) is 23.8 Å². The fraction of sp³-hybridized carbons (Fsp3) is 0.316. The highest BCUT2D eigenvalue weighted by molar-refractivity contribution is 7.13. The van der Waals surface area contributed by atoms with Gasteiger partial charge in [-0.25, -0.2) is 4.98 Å². The van der Waals surface area contributed by atoms with Crippen LogP contribution in [0.1, 0.15) is 19.4 Å². The van der Waals surface area contributed by atoms with Crippen LogP contribution in [0, 0.1) is 5.92 Å². The summed E-state index contributed by atoms with van der Waals surface area (Å²) < 4.78 is 0. The van der Waals surface area contributed by atoms with E-state index in [1.165, 1.54) is 23.0 Å². The molecule has 0 aliphatic rings. The lowest BCUT2D eigenvalue weighted by Gasteiger charge is -2.23. The fourth-order valence-corrected chi connectivity index (χ4v) is 2.94. The smallest absolute Gasteiger partial charge is 0.249 e. The average Bonchev–Trinajstić information content (AvgIpc) is 3.11. The van der Waals surface area contributed by atoms with Crippen LogP contribution in [0.2, 0.25) is 0 Å². The highest BCUT2D eigenvalue weighted by Gasteiger charge is 2.19. The van der Waals surface area contributed by atoms with Gasteiger partial charge in [0.2, 0.25) is 11.8 Å². The molecule has 0 spiro atoms. The van der Waals surface area contributed by atoms with Crippen molar-refractivity contribution in [2.45, 2.75) is 32.4 Å². The van der Waals surface area contributed by atoms with E-state index in [0.717, 1.165) is 6.42 Å². The highest BCUT2D eigenvalue weighted by Crippen LogP contribution is 2.14. The van der Waals surface area contributed by atoms with Gasteiger partial charge in [0.1, 0.15) is 0 Å². The molecule has 0 bridgehead atoms. The largest absolute Gasteiger partial charge is 0.348 e. The molecule has 2 rings (SSSR count). The number of hydrogen-bond donors (Lipinski definition) is 3. The highest BCUT2D eigenvalue weighted by atomic mass is 32.1. The summed E-state index contributed by atoms with van der Waals surface area (Å²) in [6.07, 6.45) is 5.52. The molecule has 0 saturated heterocycles. The van der Waals surface area contributed by atoms with E-state index in [4.69, 9.17) is 5.73 Å². The quantitative estimate of drug-likeness (QED) is 0.620. The zero-order chi connectivity index (χ0) is 18.9. The molecule has 26 heavy (non-hydrogen) atoms. The summed E-state index contributed by atoms with van der Waals surface area (Å²) in [5, 5.41) is 7.91. The molecule has 6 nitrogen and oxygen atoms in total. The first-order valence-electron chi connectivity index (χ1n) is 8.44. The third-order valence-electron chi connectivity index (χ3n) is 3.85. The van der Waals surface area contributed by atoms with Crippen molar-refractivity contribution in [2.75, 3.05) is 5.32 Å². The predicted molar refractivity (Wildman–Crippen MR) is 105 cm³/mol. The van der Waals surface area contributed by atoms with E-state index < -0.39 is 6.04 Å². The number of rotatable bonds is 8. The summed E-state index contributed by atoms with van der Waals surface area (Å²) in [5.74, 6) is -0.448. The Balaban J connectivity index is 2.05. The molecule has 4 N–H and O–H groups in total. The molecule has 1 aromatic heterocycles. The van der Waals surface area contributed by atoms with Gasteiger partial charge in [0.05, 0.1) is 12.1 Å². The molecule has 0 saturated carbocycles.